The van der Waals surface area contributed by atoms with E-state index in [0.717, 1.165) is 26.4 Å². The van der Waals surface area contributed by atoms with Crippen molar-refractivity contribution >= 4 is 32.7 Å². The molecule has 1 heterocycles. The summed E-state index contributed by atoms with van der Waals surface area (Å²) in [4.78, 5) is 12.3. The Morgan fingerprint density at radius 1 is 0.955 bits per heavy atom. The van der Waals surface area contributed by atoms with Gasteiger partial charge < -0.3 is 4.74 Å². The Kier molecular flexibility index (Phi) is 3.05. The molecule has 1 aliphatic rings. The lowest BCUT2D eigenvalue weighted by molar-refractivity contribution is -0.133. The summed E-state index contributed by atoms with van der Waals surface area (Å²) in [6.45, 7) is 2.04. The number of halogens is 1. The van der Waals surface area contributed by atoms with Crippen molar-refractivity contribution in [2.75, 3.05) is 0 Å². The van der Waals surface area contributed by atoms with Crippen LogP contribution in [0.2, 0.25) is 0 Å². The minimum Gasteiger partial charge on any atom is -0.425 e. The molecule has 3 heteroatoms. The van der Waals surface area contributed by atoms with Gasteiger partial charge in [-0.05, 0) is 47.5 Å². The second kappa shape index (κ2) is 4.96. The highest BCUT2D eigenvalue weighted by molar-refractivity contribution is 9.10. The van der Waals surface area contributed by atoms with Crippen molar-refractivity contribution < 1.29 is 9.53 Å². The molecular weight excluding hydrogens is 340 g/mol. The summed E-state index contributed by atoms with van der Waals surface area (Å²) >= 11 is 3.49. The van der Waals surface area contributed by atoms with Gasteiger partial charge >= 0.3 is 5.97 Å². The monoisotopic (exact) mass is 352 g/mol. The SMILES string of the molecule is Cc1ccc([C@@H]2C(=O)Oc3cc4ccc(Br)cc4cc32)cc1. The predicted molar refractivity (Wildman–Crippen MR) is 90.3 cm³/mol. The molecule has 0 amide bonds. The number of hydrogen-bond donors (Lipinski definition) is 0. The fraction of sp³-hybridized carbons (Fsp3) is 0.105. The predicted octanol–water partition coefficient (Wildman–Crippen LogP) is 4.96. The van der Waals surface area contributed by atoms with E-state index in [0.29, 0.717) is 5.75 Å². The van der Waals surface area contributed by atoms with E-state index in [9.17, 15) is 4.79 Å². The fourth-order valence-electron chi connectivity index (χ4n) is 2.95. The molecule has 1 atom stereocenters. The van der Waals surface area contributed by atoms with E-state index in [4.69, 9.17) is 4.74 Å². The molecule has 2 nitrogen and oxygen atoms in total. The summed E-state index contributed by atoms with van der Waals surface area (Å²) in [6.07, 6.45) is 0. The maximum atomic E-state index is 12.3. The zero-order valence-electron chi connectivity index (χ0n) is 12.0. The minimum atomic E-state index is -0.334. The third-order valence-corrected chi connectivity index (χ3v) is 4.59. The molecule has 0 saturated carbocycles. The number of carbonyl (C=O) groups excluding carboxylic acids is 1. The van der Waals surface area contributed by atoms with Crippen LogP contribution < -0.4 is 4.74 Å². The molecule has 0 radical (unpaired) electrons. The van der Waals surface area contributed by atoms with Gasteiger partial charge in [0.15, 0.2) is 0 Å². The van der Waals surface area contributed by atoms with Crippen LogP contribution >= 0.6 is 15.9 Å². The number of hydrogen-bond acceptors (Lipinski definition) is 2. The molecule has 0 aliphatic carbocycles. The zero-order chi connectivity index (χ0) is 15.3. The van der Waals surface area contributed by atoms with Crippen LogP contribution in [0.15, 0.2) is 59.1 Å². The first-order valence-corrected chi connectivity index (χ1v) is 7.92. The van der Waals surface area contributed by atoms with Gasteiger partial charge in [-0.2, -0.15) is 0 Å². The number of rotatable bonds is 1. The van der Waals surface area contributed by atoms with Gasteiger partial charge in [0.05, 0.1) is 0 Å². The van der Waals surface area contributed by atoms with Gasteiger partial charge in [0.25, 0.3) is 0 Å². The van der Waals surface area contributed by atoms with Crippen molar-refractivity contribution in [2.45, 2.75) is 12.8 Å². The lowest BCUT2D eigenvalue weighted by Gasteiger charge is -2.09. The Hall–Kier alpha value is -2.13. The van der Waals surface area contributed by atoms with E-state index in [1.807, 2.05) is 49.4 Å². The van der Waals surface area contributed by atoms with Gasteiger partial charge in [-0.15, -0.1) is 0 Å². The van der Waals surface area contributed by atoms with Crippen LogP contribution in [0.1, 0.15) is 22.6 Å². The first-order valence-electron chi connectivity index (χ1n) is 7.13. The number of benzene rings is 3. The van der Waals surface area contributed by atoms with Crippen molar-refractivity contribution in [3.63, 3.8) is 0 Å². The summed E-state index contributed by atoms with van der Waals surface area (Å²) in [7, 11) is 0. The average molecular weight is 353 g/mol. The van der Waals surface area contributed by atoms with Gasteiger partial charge in [0.1, 0.15) is 11.7 Å². The Labute approximate surface area is 136 Å². The molecule has 22 heavy (non-hydrogen) atoms. The van der Waals surface area contributed by atoms with Crippen LogP contribution in [0.5, 0.6) is 5.75 Å². The van der Waals surface area contributed by atoms with Crippen LogP contribution in [-0.2, 0) is 4.79 Å². The second-order valence-corrected chi connectivity index (χ2v) is 6.56. The van der Waals surface area contributed by atoms with E-state index in [1.54, 1.807) is 0 Å². The topological polar surface area (TPSA) is 26.3 Å². The van der Waals surface area contributed by atoms with Crippen molar-refractivity contribution in [1.29, 1.82) is 0 Å². The van der Waals surface area contributed by atoms with Crippen LogP contribution in [0.3, 0.4) is 0 Å². The summed E-state index contributed by atoms with van der Waals surface area (Å²) in [6, 6.07) is 18.1. The Balaban J connectivity index is 1.90. The minimum absolute atomic E-state index is 0.201. The summed E-state index contributed by atoms with van der Waals surface area (Å²) in [5.41, 5.74) is 3.10. The Morgan fingerprint density at radius 2 is 1.73 bits per heavy atom. The van der Waals surface area contributed by atoms with Crippen LogP contribution in [0.4, 0.5) is 0 Å². The molecule has 0 fully saturated rings. The number of fused-ring (bicyclic) bond motifs is 2. The standard InChI is InChI=1S/C19H13BrO2/c1-11-2-4-12(5-3-11)18-16-9-14-8-15(20)7-6-13(14)10-17(16)22-19(18)21/h2-10,18H,1H3/t18-/m0/s1. The molecule has 3 aromatic rings. The van der Waals surface area contributed by atoms with Gasteiger partial charge in [-0.1, -0.05) is 51.8 Å². The summed E-state index contributed by atoms with van der Waals surface area (Å²) < 4.78 is 6.52. The van der Waals surface area contributed by atoms with Crippen LogP contribution in [0, 0.1) is 6.92 Å². The molecule has 0 aromatic heterocycles. The molecule has 0 saturated heterocycles. The van der Waals surface area contributed by atoms with Crippen molar-refractivity contribution in [3.8, 4) is 5.75 Å². The van der Waals surface area contributed by atoms with Gasteiger partial charge in [0.2, 0.25) is 0 Å². The number of aryl methyl sites for hydroxylation is 1. The maximum Gasteiger partial charge on any atom is 0.323 e. The molecule has 108 valence electrons. The molecule has 0 unspecified atom stereocenters. The average Bonchev–Trinajstić information content (AvgIpc) is 2.81. The highest BCUT2D eigenvalue weighted by atomic mass is 79.9. The lowest BCUT2D eigenvalue weighted by Crippen LogP contribution is -2.11. The lowest BCUT2D eigenvalue weighted by atomic mass is 9.91. The number of esters is 1. The van der Waals surface area contributed by atoms with Crippen LogP contribution in [-0.4, -0.2) is 5.97 Å². The molecule has 0 spiro atoms. The summed E-state index contributed by atoms with van der Waals surface area (Å²) in [5.74, 6) is 0.137. The van der Waals surface area contributed by atoms with Gasteiger partial charge in [-0.25, -0.2) is 0 Å². The number of carbonyl (C=O) groups is 1. The van der Waals surface area contributed by atoms with Crippen molar-refractivity contribution in [1.82, 2.24) is 0 Å². The fourth-order valence-corrected chi connectivity index (χ4v) is 3.33. The molecular formula is C19H13BrO2. The highest BCUT2D eigenvalue weighted by Gasteiger charge is 2.34. The number of ether oxygens (including phenoxy) is 1. The van der Waals surface area contributed by atoms with E-state index >= 15 is 0 Å². The first-order chi connectivity index (χ1) is 10.6. The summed E-state index contributed by atoms with van der Waals surface area (Å²) in [5, 5.41) is 2.17. The molecule has 4 rings (SSSR count). The third-order valence-electron chi connectivity index (χ3n) is 4.10. The smallest absolute Gasteiger partial charge is 0.323 e. The van der Waals surface area contributed by atoms with Crippen LogP contribution in [0.25, 0.3) is 10.8 Å². The normalized spacial score (nSPS) is 16.6. The Morgan fingerprint density at radius 3 is 2.50 bits per heavy atom. The second-order valence-electron chi connectivity index (χ2n) is 5.65. The molecule has 0 bridgehead atoms. The highest BCUT2D eigenvalue weighted by Crippen LogP contribution is 2.41. The maximum absolute atomic E-state index is 12.3. The van der Waals surface area contributed by atoms with E-state index < -0.39 is 0 Å². The quantitative estimate of drug-likeness (QED) is 0.457. The largest absolute Gasteiger partial charge is 0.425 e. The van der Waals surface area contributed by atoms with E-state index in [1.165, 1.54) is 5.56 Å². The van der Waals surface area contributed by atoms with Crippen molar-refractivity contribution in [3.05, 3.63) is 75.8 Å². The molecule has 0 N–H and O–H groups in total. The third kappa shape index (κ3) is 2.13. The van der Waals surface area contributed by atoms with Gasteiger partial charge in [-0.3, -0.25) is 4.79 Å². The van der Waals surface area contributed by atoms with Gasteiger partial charge in [0, 0.05) is 10.0 Å². The molecule has 3 aromatic carbocycles. The molecule has 1 aliphatic heterocycles. The van der Waals surface area contributed by atoms with E-state index in [2.05, 4.69) is 28.1 Å². The van der Waals surface area contributed by atoms with Crippen molar-refractivity contribution in [2.24, 2.45) is 0 Å². The first kappa shape index (κ1) is 13.5. The zero-order valence-corrected chi connectivity index (χ0v) is 13.6. The van der Waals surface area contributed by atoms with E-state index in [-0.39, 0.29) is 11.9 Å². The Bertz CT molecular complexity index is 897.